The molecule has 3 N–H and O–H groups in total. The van der Waals surface area contributed by atoms with Crippen LogP contribution in [0.15, 0.2) is 30.7 Å². The molecule has 0 atom stereocenters. The first kappa shape index (κ1) is 12.1. The van der Waals surface area contributed by atoms with Gasteiger partial charge in [-0.05, 0) is 12.1 Å². The van der Waals surface area contributed by atoms with Gasteiger partial charge in [0.25, 0.3) is 0 Å². The SMILES string of the molecule is COC(=O)c1ccnc2[nH]cc(-c3ccnc(N)n3)c12. The fourth-order valence-electron chi connectivity index (χ4n) is 2.06. The Labute approximate surface area is 113 Å². The van der Waals surface area contributed by atoms with Gasteiger partial charge in [0.05, 0.1) is 18.4 Å². The smallest absolute Gasteiger partial charge is 0.338 e. The van der Waals surface area contributed by atoms with Crippen molar-refractivity contribution in [3.8, 4) is 11.3 Å². The molecule has 0 saturated carbocycles. The molecule has 0 aliphatic heterocycles. The maximum atomic E-state index is 11.9. The number of ether oxygens (including phenoxy) is 1. The lowest BCUT2D eigenvalue weighted by molar-refractivity contribution is 0.0603. The first-order chi connectivity index (χ1) is 9.70. The molecule has 0 amide bonds. The van der Waals surface area contributed by atoms with Crippen molar-refractivity contribution in [1.82, 2.24) is 19.9 Å². The van der Waals surface area contributed by atoms with Crippen molar-refractivity contribution < 1.29 is 9.53 Å². The summed E-state index contributed by atoms with van der Waals surface area (Å²) in [5.74, 6) is -0.263. The first-order valence-corrected chi connectivity index (χ1v) is 5.84. The summed E-state index contributed by atoms with van der Waals surface area (Å²) in [4.78, 5) is 27.1. The van der Waals surface area contributed by atoms with Gasteiger partial charge in [0.1, 0.15) is 5.65 Å². The van der Waals surface area contributed by atoms with Crippen molar-refractivity contribution in [2.24, 2.45) is 0 Å². The van der Waals surface area contributed by atoms with E-state index in [0.717, 1.165) is 5.56 Å². The van der Waals surface area contributed by atoms with Crippen molar-refractivity contribution >= 4 is 23.0 Å². The van der Waals surface area contributed by atoms with Crippen molar-refractivity contribution in [3.05, 3.63) is 36.3 Å². The molecule has 3 rings (SSSR count). The number of nitrogens with zero attached hydrogens (tertiary/aromatic N) is 3. The molecule has 0 fully saturated rings. The third-order valence-electron chi connectivity index (χ3n) is 2.93. The Kier molecular flexibility index (Phi) is 2.79. The number of nitrogens with one attached hydrogen (secondary N) is 1. The molecule has 7 heteroatoms. The van der Waals surface area contributed by atoms with Crippen molar-refractivity contribution in [3.63, 3.8) is 0 Å². The second-order valence-electron chi connectivity index (χ2n) is 4.08. The molecule has 0 aliphatic carbocycles. The van der Waals surface area contributed by atoms with Gasteiger partial charge in [0, 0.05) is 29.5 Å². The van der Waals surface area contributed by atoms with Gasteiger partial charge in [-0.15, -0.1) is 0 Å². The average Bonchev–Trinajstić information content (AvgIpc) is 2.90. The number of rotatable bonds is 2. The van der Waals surface area contributed by atoms with Gasteiger partial charge in [-0.1, -0.05) is 0 Å². The Balaban J connectivity index is 2.29. The summed E-state index contributed by atoms with van der Waals surface area (Å²) < 4.78 is 4.79. The van der Waals surface area contributed by atoms with Crippen molar-refractivity contribution in [1.29, 1.82) is 0 Å². The van der Waals surface area contributed by atoms with Gasteiger partial charge in [0.15, 0.2) is 0 Å². The second kappa shape index (κ2) is 4.61. The van der Waals surface area contributed by atoms with Gasteiger partial charge >= 0.3 is 5.97 Å². The third kappa shape index (κ3) is 1.85. The molecular formula is C13H11N5O2. The summed E-state index contributed by atoms with van der Waals surface area (Å²) in [5, 5.41) is 0.650. The molecule has 0 aliphatic rings. The van der Waals surface area contributed by atoms with E-state index in [1.807, 2.05) is 0 Å². The number of nitrogens with two attached hydrogens (primary N) is 1. The molecule has 3 heterocycles. The van der Waals surface area contributed by atoms with E-state index < -0.39 is 5.97 Å². The monoisotopic (exact) mass is 269 g/mol. The predicted molar refractivity (Wildman–Crippen MR) is 72.9 cm³/mol. The standard InChI is InChI=1S/C13H11N5O2/c1-20-12(19)7-2-4-15-11-10(7)8(6-17-11)9-3-5-16-13(14)18-9/h2-6H,1H3,(H,15,17)(H2,14,16,18). The molecule has 0 spiro atoms. The largest absolute Gasteiger partial charge is 0.465 e. The van der Waals surface area contributed by atoms with Gasteiger partial charge in [-0.25, -0.2) is 19.7 Å². The number of esters is 1. The summed E-state index contributed by atoms with van der Waals surface area (Å²) in [7, 11) is 1.34. The van der Waals surface area contributed by atoms with Gasteiger partial charge in [-0.2, -0.15) is 0 Å². The van der Waals surface area contributed by atoms with E-state index in [9.17, 15) is 4.79 Å². The molecule has 0 radical (unpaired) electrons. The Morgan fingerprint density at radius 2 is 2.10 bits per heavy atom. The minimum Gasteiger partial charge on any atom is -0.465 e. The highest BCUT2D eigenvalue weighted by Crippen LogP contribution is 2.29. The number of anilines is 1. The molecule has 0 saturated heterocycles. The summed E-state index contributed by atoms with van der Waals surface area (Å²) in [6, 6.07) is 3.32. The topological polar surface area (TPSA) is 107 Å². The Morgan fingerprint density at radius 3 is 2.85 bits per heavy atom. The number of aromatic nitrogens is 4. The predicted octanol–water partition coefficient (Wildman–Crippen LogP) is 1.39. The number of hydrogen-bond acceptors (Lipinski definition) is 6. The first-order valence-electron chi connectivity index (χ1n) is 5.84. The van der Waals surface area contributed by atoms with Crippen LogP contribution in [-0.4, -0.2) is 33.0 Å². The Hall–Kier alpha value is -2.96. The number of hydrogen-bond donors (Lipinski definition) is 2. The van der Waals surface area contributed by atoms with Crippen LogP contribution < -0.4 is 5.73 Å². The van der Waals surface area contributed by atoms with Gasteiger partial charge < -0.3 is 15.5 Å². The Morgan fingerprint density at radius 1 is 1.30 bits per heavy atom. The summed E-state index contributed by atoms with van der Waals surface area (Å²) >= 11 is 0. The molecule has 3 aromatic heterocycles. The summed E-state index contributed by atoms with van der Waals surface area (Å²) in [6.45, 7) is 0. The maximum Gasteiger partial charge on any atom is 0.338 e. The third-order valence-corrected chi connectivity index (χ3v) is 2.93. The number of fused-ring (bicyclic) bond motifs is 1. The highest BCUT2D eigenvalue weighted by atomic mass is 16.5. The normalized spacial score (nSPS) is 10.7. The summed E-state index contributed by atoms with van der Waals surface area (Å²) in [5.41, 5.74) is 7.94. The van der Waals surface area contributed by atoms with Crippen LogP contribution in [0.2, 0.25) is 0 Å². The Bertz CT molecular complexity index is 796. The van der Waals surface area contributed by atoms with E-state index in [2.05, 4.69) is 19.9 Å². The number of H-pyrrole nitrogens is 1. The number of carbonyl (C=O) groups is 1. The molecule has 100 valence electrons. The lowest BCUT2D eigenvalue weighted by Crippen LogP contribution is -2.02. The number of nitrogen functional groups attached to an aromatic ring is 1. The average molecular weight is 269 g/mol. The zero-order chi connectivity index (χ0) is 14.1. The minimum atomic E-state index is -0.430. The van der Waals surface area contributed by atoms with Crippen molar-refractivity contribution in [2.75, 3.05) is 12.8 Å². The van der Waals surface area contributed by atoms with E-state index in [1.54, 1.807) is 30.7 Å². The molecule has 7 nitrogen and oxygen atoms in total. The molecule has 0 aromatic carbocycles. The minimum absolute atomic E-state index is 0.167. The van der Waals surface area contributed by atoms with Crippen LogP contribution in [0.25, 0.3) is 22.3 Å². The lowest BCUT2D eigenvalue weighted by atomic mass is 10.1. The molecule has 0 bridgehead atoms. The van der Waals surface area contributed by atoms with Crippen LogP contribution in [0.5, 0.6) is 0 Å². The molecule has 0 unspecified atom stereocenters. The van der Waals surface area contributed by atoms with E-state index in [4.69, 9.17) is 10.5 Å². The van der Waals surface area contributed by atoms with Crippen LogP contribution in [0.3, 0.4) is 0 Å². The zero-order valence-corrected chi connectivity index (χ0v) is 10.6. The maximum absolute atomic E-state index is 11.9. The van der Waals surface area contributed by atoms with E-state index in [-0.39, 0.29) is 5.95 Å². The highest BCUT2D eigenvalue weighted by molar-refractivity contribution is 6.08. The lowest BCUT2D eigenvalue weighted by Gasteiger charge is -2.04. The van der Waals surface area contributed by atoms with E-state index in [1.165, 1.54) is 7.11 Å². The van der Waals surface area contributed by atoms with Gasteiger partial charge in [-0.3, -0.25) is 0 Å². The quantitative estimate of drug-likeness (QED) is 0.681. The zero-order valence-electron chi connectivity index (χ0n) is 10.6. The summed E-state index contributed by atoms with van der Waals surface area (Å²) in [6.07, 6.45) is 4.83. The van der Waals surface area contributed by atoms with E-state index in [0.29, 0.717) is 22.3 Å². The number of pyridine rings is 1. The number of methoxy groups -OCH3 is 1. The fourth-order valence-corrected chi connectivity index (χ4v) is 2.06. The molecular weight excluding hydrogens is 258 g/mol. The number of aromatic amines is 1. The van der Waals surface area contributed by atoms with Crippen molar-refractivity contribution in [2.45, 2.75) is 0 Å². The van der Waals surface area contributed by atoms with Crippen LogP contribution in [0, 0.1) is 0 Å². The van der Waals surface area contributed by atoms with Crippen LogP contribution in [0.1, 0.15) is 10.4 Å². The van der Waals surface area contributed by atoms with Crippen LogP contribution in [0.4, 0.5) is 5.95 Å². The van der Waals surface area contributed by atoms with E-state index >= 15 is 0 Å². The molecule has 3 aromatic rings. The van der Waals surface area contributed by atoms with Crippen LogP contribution in [-0.2, 0) is 4.74 Å². The second-order valence-corrected chi connectivity index (χ2v) is 4.08. The van der Waals surface area contributed by atoms with Gasteiger partial charge in [0.2, 0.25) is 5.95 Å². The highest BCUT2D eigenvalue weighted by Gasteiger charge is 2.17. The number of carbonyl (C=O) groups excluding carboxylic acids is 1. The fraction of sp³-hybridized carbons (Fsp3) is 0.0769. The molecule has 20 heavy (non-hydrogen) atoms. The van der Waals surface area contributed by atoms with Crippen LogP contribution >= 0.6 is 0 Å².